The molecule has 2 nitrogen and oxygen atoms in total. The molecule has 124 valence electrons. The van der Waals surface area contributed by atoms with Gasteiger partial charge in [0.1, 0.15) is 0 Å². The van der Waals surface area contributed by atoms with Gasteiger partial charge in [-0.1, -0.05) is 54.1 Å². The summed E-state index contributed by atoms with van der Waals surface area (Å²) >= 11 is 4.70. The Balaban J connectivity index is 1.78. The van der Waals surface area contributed by atoms with Gasteiger partial charge in [-0.15, -0.1) is 0 Å². The molecule has 3 aromatic carbocycles. The Hall–Kier alpha value is -2.20. The Bertz CT molecular complexity index is 996. The molecule has 0 bridgehead atoms. The molecule has 0 amide bonds. The fourth-order valence-corrected chi connectivity index (χ4v) is 4.32. The number of nitrogens with zero attached hydrogens (tertiary/aromatic N) is 1. The zero-order chi connectivity index (χ0) is 17.2. The molecule has 4 aromatic rings. The third-order valence-electron chi connectivity index (χ3n) is 4.18. The van der Waals surface area contributed by atoms with Crippen LogP contribution in [0.1, 0.15) is 5.56 Å². The van der Waals surface area contributed by atoms with Crippen molar-refractivity contribution in [3.8, 4) is 0 Å². The number of rotatable bonds is 4. The van der Waals surface area contributed by atoms with Crippen LogP contribution in [0.5, 0.6) is 0 Å². The molecule has 1 aromatic heterocycles. The van der Waals surface area contributed by atoms with Gasteiger partial charge in [0.25, 0.3) is 0 Å². The van der Waals surface area contributed by atoms with E-state index in [2.05, 4.69) is 22.8 Å². The molecule has 0 aliphatic rings. The summed E-state index contributed by atoms with van der Waals surface area (Å²) in [6.07, 6.45) is 2.00. The molecule has 0 N–H and O–H groups in total. The summed E-state index contributed by atoms with van der Waals surface area (Å²) in [4.78, 5) is 1.58. The molecule has 0 radical (unpaired) electrons. The van der Waals surface area contributed by atoms with Crippen molar-refractivity contribution in [2.45, 2.75) is 16.3 Å². The minimum atomic E-state index is -1.25. The smallest absolute Gasteiger partial charge is 0.183 e. The first-order chi connectivity index (χ1) is 12.2. The van der Waals surface area contributed by atoms with Crippen molar-refractivity contribution >= 4 is 33.7 Å². The Labute approximate surface area is 154 Å². The second-order valence-corrected chi connectivity index (χ2v) is 7.73. The average molecular weight is 366 g/mol. The lowest BCUT2D eigenvalue weighted by Crippen LogP contribution is -2.02. The molecule has 1 atom stereocenters. The van der Waals surface area contributed by atoms with Crippen molar-refractivity contribution in [1.29, 1.82) is 0 Å². The highest BCUT2D eigenvalue weighted by molar-refractivity contribution is 7.91. The van der Waals surface area contributed by atoms with E-state index < -0.39 is 11.2 Å². The van der Waals surface area contributed by atoms with Crippen LogP contribution >= 0.6 is 11.6 Å². The Morgan fingerprint density at radius 2 is 1.52 bits per heavy atom. The van der Waals surface area contributed by atoms with Crippen molar-refractivity contribution in [2.24, 2.45) is 0 Å². The molecule has 0 saturated heterocycles. The summed E-state index contributed by atoms with van der Waals surface area (Å²) in [5.41, 5.74) is 2.30. The maximum Gasteiger partial charge on any atom is 0.183 e. The van der Waals surface area contributed by atoms with Gasteiger partial charge in [-0.25, -0.2) is 0 Å². The van der Waals surface area contributed by atoms with Gasteiger partial charge < -0.3 is 9.12 Å². The minimum absolute atomic E-state index is 0.646. The first kappa shape index (κ1) is 16.3. The van der Waals surface area contributed by atoms with Gasteiger partial charge in [-0.05, 0) is 42.0 Å². The predicted molar refractivity (Wildman–Crippen MR) is 104 cm³/mol. The van der Waals surface area contributed by atoms with Crippen LogP contribution in [-0.2, 0) is 17.7 Å². The largest absolute Gasteiger partial charge is 0.606 e. The Morgan fingerprint density at radius 3 is 2.28 bits per heavy atom. The van der Waals surface area contributed by atoms with E-state index in [1.807, 2.05) is 54.7 Å². The van der Waals surface area contributed by atoms with E-state index >= 15 is 0 Å². The molecule has 4 heteroatoms. The molecule has 0 saturated carbocycles. The summed E-state index contributed by atoms with van der Waals surface area (Å²) in [5, 5.41) is 1.67. The minimum Gasteiger partial charge on any atom is -0.606 e. The van der Waals surface area contributed by atoms with E-state index in [9.17, 15) is 4.55 Å². The molecule has 4 rings (SSSR count). The third-order valence-corrected chi connectivity index (χ3v) is 5.85. The molecule has 25 heavy (non-hydrogen) atoms. The molecule has 0 spiro atoms. The number of hydrogen-bond donors (Lipinski definition) is 0. The monoisotopic (exact) mass is 365 g/mol. The second kappa shape index (κ2) is 6.96. The SMILES string of the molecule is [O-][S+](c1ccc(Cl)cc1)c1cn(Cc2ccccc2)c2ccccc12. The predicted octanol–water partition coefficient (Wildman–Crippen LogP) is 5.51. The van der Waals surface area contributed by atoms with E-state index in [0.29, 0.717) is 5.02 Å². The highest BCUT2D eigenvalue weighted by atomic mass is 35.5. The second-order valence-electron chi connectivity index (χ2n) is 5.85. The normalized spacial score (nSPS) is 12.4. The van der Waals surface area contributed by atoms with E-state index in [-0.39, 0.29) is 0 Å². The molecular weight excluding hydrogens is 350 g/mol. The van der Waals surface area contributed by atoms with E-state index in [1.165, 1.54) is 5.56 Å². The highest BCUT2D eigenvalue weighted by Gasteiger charge is 2.21. The van der Waals surface area contributed by atoms with Crippen molar-refractivity contribution in [1.82, 2.24) is 4.57 Å². The van der Waals surface area contributed by atoms with Crippen LogP contribution in [0.25, 0.3) is 10.9 Å². The first-order valence-corrected chi connectivity index (χ1v) is 9.54. The number of halogens is 1. The van der Waals surface area contributed by atoms with E-state index in [1.54, 1.807) is 12.1 Å². The maximum atomic E-state index is 13.1. The molecule has 1 heterocycles. The topological polar surface area (TPSA) is 28.0 Å². The lowest BCUT2D eigenvalue weighted by molar-refractivity contribution is 0.595. The molecule has 0 fully saturated rings. The summed E-state index contributed by atoms with van der Waals surface area (Å²) in [5.74, 6) is 0. The summed E-state index contributed by atoms with van der Waals surface area (Å²) < 4.78 is 15.3. The van der Waals surface area contributed by atoms with Gasteiger partial charge in [0.2, 0.25) is 0 Å². The van der Waals surface area contributed by atoms with Crippen LogP contribution < -0.4 is 0 Å². The lowest BCUT2D eigenvalue weighted by Gasteiger charge is -2.08. The van der Waals surface area contributed by atoms with Gasteiger partial charge in [0.05, 0.1) is 17.1 Å². The number of aromatic nitrogens is 1. The van der Waals surface area contributed by atoms with Crippen LogP contribution in [0.2, 0.25) is 5.02 Å². The fraction of sp³-hybridized carbons (Fsp3) is 0.0476. The van der Waals surface area contributed by atoms with Crippen molar-refractivity contribution in [2.75, 3.05) is 0 Å². The van der Waals surface area contributed by atoms with Gasteiger partial charge in [-0.2, -0.15) is 0 Å². The van der Waals surface area contributed by atoms with Crippen LogP contribution in [0, 0.1) is 0 Å². The molecule has 1 unspecified atom stereocenters. The summed E-state index contributed by atoms with van der Waals surface area (Å²) in [6, 6.07) is 25.6. The van der Waals surface area contributed by atoms with Crippen molar-refractivity contribution in [3.05, 3.63) is 95.6 Å². The summed E-state index contributed by atoms with van der Waals surface area (Å²) in [6.45, 7) is 0.749. The third kappa shape index (κ3) is 3.31. The quantitative estimate of drug-likeness (QED) is 0.438. The Kier molecular flexibility index (Phi) is 4.53. The van der Waals surface area contributed by atoms with E-state index in [4.69, 9.17) is 11.6 Å². The van der Waals surface area contributed by atoms with Gasteiger partial charge in [-0.3, -0.25) is 0 Å². The number of fused-ring (bicyclic) bond motifs is 1. The van der Waals surface area contributed by atoms with Gasteiger partial charge in [0, 0.05) is 22.7 Å². The standard InChI is InChI=1S/C21H16ClNOS/c22-17-10-12-18(13-11-17)25(24)21-15-23(14-16-6-2-1-3-7-16)20-9-5-4-8-19(20)21/h1-13,15H,14H2. The number of para-hydroxylation sites is 1. The van der Waals surface area contributed by atoms with Crippen molar-refractivity contribution in [3.63, 3.8) is 0 Å². The highest BCUT2D eigenvalue weighted by Crippen LogP contribution is 2.31. The van der Waals surface area contributed by atoms with Crippen molar-refractivity contribution < 1.29 is 4.55 Å². The maximum absolute atomic E-state index is 13.1. The van der Waals surface area contributed by atoms with Crippen LogP contribution in [0.15, 0.2) is 94.9 Å². The van der Waals surface area contributed by atoms with Crippen LogP contribution in [0.4, 0.5) is 0 Å². The number of benzene rings is 3. The fourth-order valence-electron chi connectivity index (χ4n) is 2.96. The average Bonchev–Trinajstić information content (AvgIpc) is 3.01. The Morgan fingerprint density at radius 1 is 0.840 bits per heavy atom. The number of hydrogen-bond acceptors (Lipinski definition) is 1. The van der Waals surface area contributed by atoms with Gasteiger partial charge >= 0.3 is 0 Å². The first-order valence-electron chi connectivity index (χ1n) is 8.01. The molecule has 0 aliphatic heterocycles. The van der Waals surface area contributed by atoms with E-state index in [0.717, 1.165) is 27.2 Å². The molecular formula is C21H16ClNOS. The summed E-state index contributed by atoms with van der Waals surface area (Å²) in [7, 11) is 0. The van der Waals surface area contributed by atoms with Gasteiger partial charge in [0.15, 0.2) is 9.79 Å². The zero-order valence-corrected chi connectivity index (χ0v) is 15.0. The van der Waals surface area contributed by atoms with Crippen LogP contribution in [-0.4, -0.2) is 9.12 Å². The zero-order valence-electron chi connectivity index (χ0n) is 13.4. The lowest BCUT2D eigenvalue weighted by atomic mass is 10.2. The van der Waals surface area contributed by atoms with Crippen LogP contribution in [0.3, 0.4) is 0 Å². The molecule has 0 aliphatic carbocycles.